The highest BCUT2D eigenvalue weighted by molar-refractivity contribution is 7.09. The predicted molar refractivity (Wildman–Crippen MR) is 98.7 cm³/mol. The minimum absolute atomic E-state index is 0.300. The molecule has 128 valence electrons. The summed E-state index contributed by atoms with van der Waals surface area (Å²) in [5.74, 6) is 0.270. The number of nitrogens with two attached hydrogens (primary N) is 1. The molecular formula is C19H18N2O3S. The highest BCUT2D eigenvalue weighted by atomic mass is 32.1. The molecule has 25 heavy (non-hydrogen) atoms. The molecule has 2 N–H and O–H groups in total. The molecule has 2 aromatic carbocycles. The zero-order valence-corrected chi connectivity index (χ0v) is 14.6. The molecule has 0 fully saturated rings. The molecular weight excluding hydrogens is 336 g/mol. The standard InChI is InChI=1S/C19H18N2O3S/c1-2-23-19(22)18-16(20)17(21-25-18)14-9-6-10-15(11-14)24-12-13-7-4-3-5-8-13/h3-11H,2,12,20H2,1H3. The third-order valence-corrected chi connectivity index (χ3v) is 4.39. The van der Waals surface area contributed by atoms with Crippen LogP contribution >= 0.6 is 11.5 Å². The third-order valence-electron chi connectivity index (χ3n) is 3.54. The molecule has 3 aromatic rings. The molecule has 0 bridgehead atoms. The van der Waals surface area contributed by atoms with Crippen LogP contribution < -0.4 is 10.5 Å². The molecule has 0 aliphatic rings. The van der Waals surface area contributed by atoms with Gasteiger partial charge in [-0.1, -0.05) is 42.5 Å². The van der Waals surface area contributed by atoms with Gasteiger partial charge >= 0.3 is 5.97 Å². The van der Waals surface area contributed by atoms with Crippen LogP contribution in [0.15, 0.2) is 54.6 Å². The number of esters is 1. The number of aromatic nitrogens is 1. The van der Waals surface area contributed by atoms with E-state index in [9.17, 15) is 4.79 Å². The summed E-state index contributed by atoms with van der Waals surface area (Å²) in [4.78, 5) is 12.2. The third kappa shape index (κ3) is 3.97. The number of carbonyl (C=O) groups excluding carboxylic acids is 1. The summed E-state index contributed by atoms with van der Waals surface area (Å²) in [5, 5.41) is 0. The summed E-state index contributed by atoms with van der Waals surface area (Å²) >= 11 is 1.04. The second kappa shape index (κ2) is 7.81. The fourth-order valence-corrected chi connectivity index (χ4v) is 3.04. The molecule has 0 atom stereocenters. The minimum Gasteiger partial charge on any atom is -0.489 e. The molecule has 0 spiro atoms. The van der Waals surface area contributed by atoms with Crippen LogP contribution in [0.1, 0.15) is 22.2 Å². The van der Waals surface area contributed by atoms with Crippen molar-refractivity contribution < 1.29 is 14.3 Å². The lowest BCUT2D eigenvalue weighted by molar-refractivity contribution is 0.0533. The van der Waals surface area contributed by atoms with Gasteiger partial charge in [0, 0.05) is 5.56 Å². The number of anilines is 1. The molecule has 5 nitrogen and oxygen atoms in total. The quantitative estimate of drug-likeness (QED) is 0.673. The topological polar surface area (TPSA) is 74.4 Å². The summed E-state index contributed by atoms with van der Waals surface area (Å²) in [6.45, 7) is 2.53. The second-order valence-corrected chi connectivity index (χ2v) is 6.07. The Balaban J connectivity index is 1.79. The first-order chi connectivity index (χ1) is 12.2. The normalized spacial score (nSPS) is 10.4. The van der Waals surface area contributed by atoms with E-state index >= 15 is 0 Å². The summed E-state index contributed by atoms with van der Waals surface area (Å²) in [7, 11) is 0. The Labute approximate surface area is 150 Å². The van der Waals surface area contributed by atoms with Gasteiger partial charge in [-0.15, -0.1) is 0 Å². The Morgan fingerprint density at radius 2 is 1.96 bits per heavy atom. The summed E-state index contributed by atoms with van der Waals surface area (Å²) in [6, 6.07) is 17.4. The number of nitrogen functional groups attached to an aromatic ring is 1. The molecule has 1 heterocycles. The molecule has 0 amide bonds. The lowest BCUT2D eigenvalue weighted by Gasteiger charge is -2.08. The zero-order valence-electron chi connectivity index (χ0n) is 13.8. The van der Waals surface area contributed by atoms with Gasteiger partial charge in [-0.2, -0.15) is 4.37 Å². The average Bonchev–Trinajstić information content (AvgIpc) is 3.03. The van der Waals surface area contributed by atoms with E-state index in [1.807, 2.05) is 54.6 Å². The van der Waals surface area contributed by atoms with Crippen molar-refractivity contribution in [3.63, 3.8) is 0 Å². The average molecular weight is 354 g/mol. The number of ether oxygens (including phenoxy) is 2. The number of carbonyl (C=O) groups is 1. The summed E-state index contributed by atoms with van der Waals surface area (Å²) in [5.41, 5.74) is 8.88. The van der Waals surface area contributed by atoms with Crippen molar-refractivity contribution in [2.75, 3.05) is 12.3 Å². The maximum absolute atomic E-state index is 11.9. The highest BCUT2D eigenvalue weighted by Crippen LogP contribution is 2.33. The lowest BCUT2D eigenvalue weighted by Crippen LogP contribution is -2.05. The van der Waals surface area contributed by atoms with E-state index in [4.69, 9.17) is 15.2 Å². The van der Waals surface area contributed by atoms with Gasteiger partial charge in [-0.3, -0.25) is 0 Å². The van der Waals surface area contributed by atoms with Crippen LogP contribution in [0.5, 0.6) is 5.75 Å². The van der Waals surface area contributed by atoms with Crippen molar-refractivity contribution in [2.24, 2.45) is 0 Å². The lowest BCUT2D eigenvalue weighted by atomic mass is 10.1. The fraction of sp³-hybridized carbons (Fsp3) is 0.158. The van der Waals surface area contributed by atoms with Gasteiger partial charge in [0.1, 0.15) is 18.1 Å². The van der Waals surface area contributed by atoms with Crippen LogP contribution in [0.4, 0.5) is 5.69 Å². The number of rotatable bonds is 6. The number of hydrogen-bond donors (Lipinski definition) is 1. The summed E-state index contributed by atoms with van der Waals surface area (Å²) < 4.78 is 15.1. The van der Waals surface area contributed by atoms with E-state index in [2.05, 4.69) is 4.37 Å². The molecule has 0 aliphatic carbocycles. The van der Waals surface area contributed by atoms with Gasteiger partial charge < -0.3 is 15.2 Å². The SMILES string of the molecule is CCOC(=O)c1snc(-c2cccc(OCc3ccccc3)c2)c1N. The Bertz CT molecular complexity index is 862. The first-order valence-corrected chi connectivity index (χ1v) is 8.65. The highest BCUT2D eigenvalue weighted by Gasteiger charge is 2.19. The molecule has 1 aromatic heterocycles. The van der Waals surface area contributed by atoms with E-state index in [1.165, 1.54) is 0 Å². The second-order valence-electron chi connectivity index (χ2n) is 5.30. The van der Waals surface area contributed by atoms with Crippen molar-refractivity contribution in [3.05, 3.63) is 65.0 Å². The van der Waals surface area contributed by atoms with Crippen molar-refractivity contribution in [1.29, 1.82) is 0 Å². The molecule has 0 radical (unpaired) electrons. The van der Waals surface area contributed by atoms with Crippen molar-refractivity contribution in [2.45, 2.75) is 13.5 Å². The largest absolute Gasteiger partial charge is 0.489 e. The Hall–Kier alpha value is -2.86. The monoisotopic (exact) mass is 354 g/mol. The van der Waals surface area contributed by atoms with Gasteiger partial charge in [0.25, 0.3) is 0 Å². The van der Waals surface area contributed by atoms with Crippen LogP contribution in [-0.4, -0.2) is 16.9 Å². The first kappa shape index (κ1) is 17.0. The van der Waals surface area contributed by atoms with Gasteiger partial charge in [0.2, 0.25) is 0 Å². The molecule has 3 rings (SSSR count). The number of nitrogens with zero attached hydrogens (tertiary/aromatic N) is 1. The van der Waals surface area contributed by atoms with Gasteiger partial charge in [-0.05, 0) is 36.2 Å². The Morgan fingerprint density at radius 3 is 2.72 bits per heavy atom. The number of hydrogen-bond acceptors (Lipinski definition) is 6. The maximum Gasteiger partial charge on any atom is 0.352 e. The predicted octanol–water partition coefficient (Wildman–Crippen LogP) is 4.15. The van der Waals surface area contributed by atoms with E-state index in [1.54, 1.807) is 6.92 Å². The van der Waals surface area contributed by atoms with Gasteiger partial charge in [0.05, 0.1) is 12.3 Å². The van der Waals surface area contributed by atoms with Crippen LogP contribution in [0.2, 0.25) is 0 Å². The molecule has 0 saturated carbocycles. The van der Waals surface area contributed by atoms with Crippen LogP contribution in [0.3, 0.4) is 0 Å². The van der Waals surface area contributed by atoms with E-state index in [0.717, 1.165) is 22.7 Å². The smallest absolute Gasteiger partial charge is 0.352 e. The fourth-order valence-electron chi connectivity index (χ4n) is 2.32. The molecule has 0 saturated heterocycles. The van der Waals surface area contributed by atoms with E-state index in [0.29, 0.717) is 35.2 Å². The van der Waals surface area contributed by atoms with Crippen molar-refractivity contribution >= 4 is 23.2 Å². The van der Waals surface area contributed by atoms with Crippen molar-refractivity contribution in [1.82, 2.24) is 4.37 Å². The molecule has 0 aliphatic heterocycles. The maximum atomic E-state index is 11.9. The van der Waals surface area contributed by atoms with Crippen LogP contribution in [0, 0.1) is 0 Å². The van der Waals surface area contributed by atoms with Crippen molar-refractivity contribution in [3.8, 4) is 17.0 Å². The zero-order chi connectivity index (χ0) is 17.6. The van der Waals surface area contributed by atoms with Crippen LogP contribution in [-0.2, 0) is 11.3 Å². The van der Waals surface area contributed by atoms with E-state index < -0.39 is 5.97 Å². The van der Waals surface area contributed by atoms with Crippen LogP contribution in [0.25, 0.3) is 11.3 Å². The summed E-state index contributed by atoms with van der Waals surface area (Å²) in [6.07, 6.45) is 0. The minimum atomic E-state index is -0.444. The molecule has 6 heteroatoms. The Morgan fingerprint density at radius 1 is 1.16 bits per heavy atom. The Kier molecular flexibility index (Phi) is 5.30. The van der Waals surface area contributed by atoms with Gasteiger partial charge in [0.15, 0.2) is 4.88 Å². The van der Waals surface area contributed by atoms with Gasteiger partial charge in [-0.25, -0.2) is 4.79 Å². The van der Waals surface area contributed by atoms with E-state index in [-0.39, 0.29) is 0 Å². The number of benzene rings is 2. The first-order valence-electron chi connectivity index (χ1n) is 7.88. The molecule has 0 unspecified atom stereocenters.